The number of Topliss-reactive ketones (excluding diaryl/α,β-unsaturated/α-hetero) is 1. The third kappa shape index (κ3) is 4.50. The third-order valence-electron chi connectivity index (χ3n) is 7.68. The van der Waals surface area contributed by atoms with Crippen LogP contribution in [0.1, 0.15) is 51.1 Å². The molecule has 1 N–H and O–H groups in total. The van der Waals surface area contributed by atoms with Crippen LogP contribution >= 0.6 is 0 Å². The molecule has 1 aliphatic carbocycles. The molecule has 0 spiro atoms. The van der Waals surface area contributed by atoms with Gasteiger partial charge in [0.15, 0.2) is 5.78 Å². The summed E-state index contributed by atoms with van der Waals surface area (Å²) in [7, 11) is 1.55. The van der Waals surface area contributed by atoms with Gasteiger partial charge in [0.1, 0.15) is 17.0 Å². The van der Waals surface area contributed by atoms with E-state index in [2.05, 4.69) is 27.6 Å². The summed E-state index contributed by atoms with van der Waals surface area (Å²) in [5.74, 6) is -0.578. The molecule has 1 fully saturated rings. The van der Waals surface area contributed by atoms with Crippen LogP contribution < -0.4 is 5.32 Å². The molecular weight excluding hydrogens is 491 g/mol. The van der Waals surface area contributed by atoms with E-state index in [4.69, 9.17) is 0 Å². The Kier molecular flexibility index (Phi) is 6.06. The van der Waals surface area contributed by atoms with Crippen molar-refractivity contribution in [1.82, 2.24) is 20.1 Å². The molecule has 1 saturated carbocycles. The van der Waals surface area contributed by atoms with E-state index in [1.54, 1.807) is 25.4 Å². The lowest BCUT2D eigenvalue weighted by atomic mass is 9.87. The van der Waals surface area contributed by atoms with Gasteiger partial charge in [0, 0.05) is 35.6 Å². The summed E-state index contributed by atoms with van der Waals surface area (Å²) in [6.45, 7) is 1.99. The topological polar surface area (TPSA) is 76.4 Å². The molecule has 2 heterocycles. The zero-order chi connectivity index (χ0) is 27.1. The molecule has 0 saturated heterocycles. The van der Waals surface area contributed by atoms with Crippen molar-refractivity contribution < 1.29 is 14.0 Å². The summed E-state index contributed by atoms with van der Waals surface area (Å²) < 4.78 is 15.0. The first-order valence-electron chi connectivity index (χ1n) is 13.0. The largest absolute Gasteiger partial charge is 0.355 e. The Morgan fingerprint density at radius 3 is 2.41 bits per heavy atom. The first kappa shape index (κ1) is 24.7. The number of ketones is 1. The number of hydrogen-bond acceptors (Lipinski definition) is 4. The Bertz CT molecular complexity index is 1720. The normalized spacial score (nSPS) is 13.8. The number of nitrogens with zero attached hydrogens (tertiary/aromatic N) is 3. The fourth-order valence-electron chi connectivity index (χ4n) is 5.27. The fraction of sp³-hybridized carbons (Fsp3) is 0.188. The van der Waals surface area contributed by atoms with Gasteiger partial charge in [0.05, 0.1) is 11.8 Å². The van der Waals surface area contributed by atoms with E-state index >= 15 is 0 Å². The molecule has 6 rings (SSSR count). The number of halogens is 1. The van der Waals surface area contributed by atoms with Gasteiger partial charge < -0.3 is 5.32 Å². The number of aryl methyl sites for hydroxylation is 1. The molecule has 0 unspecified atom stereocenters. The highest BCUT2D eigenvalue weighted by Crippen LogP contribution is 2.51. The maximum Gasteiger partial charge on any atom is 0.255 e. The molecular formula is C32H27FN4O2. The van der Waals surface area contributed by atoms with Crippen LogP contribution in [-0.4, -0.2) is 33.6 Å². The van der Waals surface area contributed by atoms with E-state index in [0.717, 1.165) is 29.5 Å². The van der Waals surface area contributed by atoms with E-state index < -0.39 is 0 Å². The van der Waals surface area contributed by atoms with Gasteiger partial charge >= 0.3 is 0 Å². The quantitative estimate of drug-likeness (QED) is 0.261. The van der Waals surface area contributed by atoms with Gasteiger partial charge in [-0.05, 0) is 72.9 Å². The molecule has 1 amide bonds. The maximum atomic E-state index is 13.5. The van der Waals surface area contributed by atoms with Gasteiger partial charge in [-0.15, -0.1) is 5.10 Å². The van der Waals surface area contributed by atoms with Crippen molar-refractivity contribution in [2.24, 2.45) is 0 Å². The molecule has 0 bridgehead atoms. The number of carbonyl (C=O) groups is 2. The standard InChI is InChI=1S/C32H27FN4O2/c1-20-8-9-22(28(38)18-32(14-15-32)24-6-4-3-5-7-24)16-26(20)23-17-27-29(31(39)34-2)30(36-37(27)35-19-23)21-10-12-25(33)13-11-21/h3-13,16-17,19H,14-15,18H2,1-2H3,(H,34,39). The molecule has 7 heteroatoms. The molecule has 1 aliphatic rings. The van der Waals surface area contributed by atoms with Crippen LogP contribution in [0, 0.1) is 12.7 Å². The van der Waals surface area contributed by atoms with Gasteiger partial charge in [-0.25, -0.2) is 4.39 Å². The smallest absolute Gasteiger partial charge is 0.255 e. The number of nitrogens with one attached hydrogen (secondary N) is 1. The Labute approximate surface area is 225 Å². The van der Waals surface area contributed by atoms with Gasteiger partial charge in [0.25, 0.3) is 5.91 Å². The lowest BCUT2D eigenvalue weighted by molar-refractivity contribution is 0.0959. The van der Waals surface area contributed by atoms with E-state index in [1.165, 1.54) is 22.3 Å². The van der Waals surface area contributed by atoms with Crippen molar-refractivity contribution in [3.63, 3.8) is 0 Å². The Balaban J connectivity index is 1.39. The molecule has 0 atom stereocenters. The van der Waals surface area contributed by atoms with Crippen LogP contribution in [0.4, 0.5) is 4.39 Å². The number of aromatic nitrogens is 3. The average Bonchev–Trinajstić information content (AvgIpc) is 3.65. The van der Waals surface area contributed by atoms with E-state index in [-0.39, 0.29) is 22.9 Å². The molecule has 3 aromatic carbocycles. The van der Waals surface area contributed by atoms with E-state index in [1.807, 2.05) is 49.4 Å². The monoisotopic (exact) mass is 518 g/mol. The number of fused-ring (bicyclic) bond motifs is 1. The predicted molar refractivity (Wildman–Crippen MR) is 148 cm³/mol. The van der Waals surface area contributed by atoms with Crippen LogP contribution in [0.25, 0.3) is 27.9 Å². The van der Waals surface area contributed by atoms with Gasteiger partial charge in [0.2, 0.25) is 0 Å². The SMILES string of the molecule is CNC(=O)c1c(-c2ccc(F)cc2)nn2ncc(-c3cc(C(=O)CC4(c5ccccc5)CC4)ccc3C)cc12. The van der Waals surface area contributed by atoms with Crippen LogP contribution in [0.5, 0.6) is 0 Å². The van der Waals surface area contributed by atoms with Gasteiger partial charge in [-0.3, -0.25) is 9.59 Å². The molecule has 39 heavy (non-hydrogen) atoms. The van der Waals surface area contributed by atoms with Crippen LogP contribution in [0.2, 0.25) is 0 Å². The predicted octanol–water partition coefficient (Wildman–Crippen LogP) is 6.18. The number of carbonyl (C=O) groups excluding carboxylic acids is 2. The lowest BCUT2D eigenvalue weighted by Crippen LogP contribution is -2.18. The average molecular weight is 519 g/mol. The van der Waals surface area contributed by atoms with Crippen LogP contribution in [-0.2, 0) is 5.41 Å². The molecule has 194 valence electrons. The summed E-state index contributed by atoms with van der Waals surface area (Å²) in [6, 6.07) is 23.7. The highest BCUT2D eigenvalue weighted by molar-refractivity contribution is 6.06. The van der Waals surface area contributed by atoms with Crippen molar-refractivity contribution in [3.05, 3.63) is 113 Å². The van der Waals surface area contributed by atoms with E-state index in [0.29, 0.717) is 34.3 Å². The highest BCUT2D eigenvalue weighted by atomic mass is 19.1. The fourth-order valence-corrected chi connectivity index (χ4v) is 5.27. The first-order chi connectivity index (χ1) is 18.9. The zero-order valence-electron chi connectivity index (χ0n) is 21.7. The minimum Gasteiger partial charge on any atom is -0.355 e. The number of amides is 1. The Morgan fingerprint density at radius 1 is 0.974 bits per heavy atom. The van der Waals surface area contributed by atoms with Gasteiger partial charge in [-0.1, -0.05) is 42.5 Å². The number of hydrogen-bond donors (Lipinski definition) is 1. The molecule has 6 nitrogen and oxygen atoms in total. The van der Waals surface area contributed by atoms with Crippen LogP contribution in [0.3, 0.4) is 0 Å². The second-order valence-electron chi connectivity index (χ2n) is 10.2. The van der Waals surface area contributed by atoms with E-state index in [9.17, 15) is 14.0 Å². The minimum absolute atomic E-state index is 0.0688. The minimum atomic E-state index is -0.370. The number of rotatable bonds is 7. The zero-order valence-corrected chi connectivity index (χ0v) is 21.7. The van der Waals surface area contributed by atoms with Crippen molar-refractivity contribution in [2.45, 2.75) is 31.6 Å². The Morgan fingerprint density at radius 2 is 1.72 bits per heavy atom. The summed E-state index contributed by atoms with van der Waals surface area (Å²) in [6.07, 6.45) is 4.19. The number of benzene rings is 3. The van der Waals surface area contributed by atoms with Crippen molar-refractivity contribution >= 4 is 17.2 Å². The third-order valence-corrected chi connectivity index (χ3v) is 7.68. The maximum absolute atomic E-state index is 13.5. The first-order valence-corrected chi connectivity index (χ1v) is 13.0. The molecule has 2 aromatic heterocycles. The van der Waals surface area contributed by atoms with Crippen molar-refractivity contribution in [2.75, 3.05) is 7.05 Å². The molecule has 0 aliphatic heterocycles. The second kappa shape index (κ2) is 9.58. The van der Waals surface area contributed by atoms with Crippen molar-refractivity contribution in [3.8, 4) is 22.4 Å². The summed E-state index contributed by atoms with van der Waals surface area (Å²) in [4.78, 5) is 26.4. The highest BCUT2D eigenvalue weighted by Gasteiger charge is 2.45. The summed E-state index contributed by atoms with van der Waals surface area (Å²) in [5.41, 5.74) is 6.33. The van der Waals surface area contributed by atoms with Crippen molar-refractivity contribution in [1.29, 1.82) is 0 Å². The molecule has 5 aromatic rings. The Hall–Kier alpha value is -4.65. The second-order valence-corrected chi connectivity index (χ2v) is 10.2. The molecule has 0 radical (unpaired) electrons. The summed E-state index contributed by atoms with van der Waals surface area (Å²) >= 11 is 0. The lowest BCUT2D eigenvalue weighted by Gasteiger charge is -2.16. The van der Waals surface area contributed by atoms with Gasteiger partial charge in [-0.2, -0.15) is 9.73 Å². The summed E-state index contributed by atoms with van der Waals surface area (Å²) in [5, 5.41) is 11.7. The van der Waals surface area contributed by atoms with Crippen LogP contribution in [0.15, 0.2) is 85.1 Å².